The highest BCUT2D eigenvalue weighted by atomic mass is 35.5. The molecule has 0 aliphatic carbocycles. The number of pyridine rings is 2. The van der Waals surface area contributed by atoms with Crippen molar-refractivity contribution in [3.8, 4) is 16.8 Å². The zero-order valence-electron chi connectivity index (χ0n) is 18.4. The molecule has 1 fully saturated rings. The van der Waals surface area contributed by atoms with Gasteiger partial charge in [0.05, 0.1) is 11.2 Å². The van der Waals surface area contributed by atoms with Gasteiger partial charge in [0.15, 0.2) is 0 Å². The molecule has 1 aromatic carbocycles. The first-order valence-corrected chi connectivity index (χ1v) is 11.1. The molecule has 6 heteroatoms. The molecule has 32 heavy (non-hydrogen) atoms. The van der Waals surface area contributed by atoms with Crippen molar-refractivity contribution in [1.82, 2.24) is 19.0 Å². The van der Waals surface area contributed by atoms with Crippen LogP contribution in [0.4, 0.5) is 0 Å². The molecule has 164 valence electrons. The Labute approximate surface area is 193 Å². The van der Waals surface area contributed by atoms with E-state index in [0.717, 1.165) is 35.5 Å². The monoisotopic (exact) mass is 446 g/mol. The Hall–Kier alpha value is -2.89. The van der Waals surface area contributed by atoms with Crippen molar-refractivity contribution < 1.29 is 0 Å². The van der Waals surface area contributed by atoms with E-state index in [1.807, 2.05) is 37.5 Å². The molecule has 1 atom stereocenters. The number of rotatable bonds is 2. The molecule has 1 unspecified atom stereocenters. The maximum absolute atomic E-state index is 13.0. The van der Waals surface area contributed by atoms with E-state index in [1.54, 1.807) is 10.6 Å². The fourth-order valence-electron chi connectivity index (χ4n) is 5.51. The molecule has 0 saturated carbocycles. The minimum absolute atomic E-state index is 0. The van der Waals surface area contributed by atoms with E-state index in [1.165, 1.54) is 41.5 Å². The van der Waals surface area contributed by atoms with Gasteiger partial charge in [-0.2, -0.15) is 0 Å². The normalized spacial score (nSPS) is 17.8. The Morgan fingerprint density at radius 1 is 1.03 bits per heavy atom. The van der Waals surface area contributed by atoms with Crippen LogP contribution in [0.3, 0.4) is 0 Å². The van der Waals surface area contributed by atoms with Crippen LogP contribution in [0.1, 0.15) is 35.8 Å². The number of halogens is 1. The lowest BCUT2D eigenvalue weighted by molar-refractivity contribution is 0.242. The molecule has 6 rings (SSSR count). The maximum Gasteiger partial charge on any atom is 0.255 e. The topological polar surface area (TPSA) is 43.1 Å². The number of benzene rings is 1. The molecule has 5 heterocycles. The minimum atomic E-state index is -0.0293. The molecule has 5 nitrogen and oxygen atoms in total. The molecule has 0 spiro atoms. The first kappa shape index (κ1) is 21.0. The second-order valence-corrected chi connectivity index (χ2v) is 8.88. The number of nitrogens with zero attached hydrogens (tertiary/aromatic N) is 4. The van der Waals surface area contributed by atoms with Crippen LogP contribution in [0.25, 0.3) is 27.7 Å². The van der Waals surface area contributed by atoms with Gasteiger partial charge in [-0.15, -0.1) is 12.4 Å². The Bertz CT molecular complexity index is 1370. The average molecular weight is 447 g/mol. The van der Waals surface area contributed by atoms with Crippen LogP contribution in [-0.2, 0) is 13.5 Å². The van der Waals surface area contributed by atoms with Crippen LogP contribution in [0, 0.1) is 6.92 Å². The SMILES string of the molecule is Cc1ccc(-c2ccn(-c3ccc4c5c(n(C)c4c3)CCN3CCCC53)c(=O)c2)cn1.Cl. The predicted octanol–water partition coefficient (Wildman–Crippen LogP) is 4.81. The highest BCUT2D eigenvalue weighted by molar-refractivity contribution is 5.88. The molecule has 0 bridgehead atoms. The van der Waals surface area contributed by atoms with Crippen molar-refractivity contribution in [2.24, 2.45) is 7.05 Å². The van der Waals surface area contributed by atoms with Crippen LogP contribution >= 0.6 is 12.4 Å². The summed E-state index contributed by atoms with van der Waals surface area (Å²) in [5.74, 6) is 0. The molecule has 2 aliphatic heterocycles. The molecule has 0 amide bonds. The third-order valence-electron chi connectivity index (χ3n) is 7.12. The van der Waals surface area contributed by atoms with Crippen LogP contribution in [0.15, 0.2) is 59.7 Å². The van der Waals surface area contributed by atoms with Gasteiger partial charge in [0, 0.05) is 66.9 Å². The van der Waals surface area contributed by atoms with Gasteiger partial charge in [0.1, 0.15) is 0 Å². The molecule has 2 aliphatic rings. The lowest BCUT2D eigenvalue weighted by Crippen LogP contribution is -2.31. The van der Waals surface area contributed by atoms with Gasteiger partial charge < -0.3 is 4.57 Å². The molecular weight excluding hydrogens is 420 g/mol. The van der Waals surface area contributed by atoms with E-state index < -0.39 is 0 Å². The lowest BCUT2D eigenvalue weighted by Gasteiger charge is -2.30. The highest BCUT2D eigenvalue weighted by Gasteiger charge is 2.34. The smallest absolute Gasteiger partial charge is 0.255 e. The van der Waals surface area contributed by atoms with E-state index >= 15 is 0 Å². The third kappa shape index (κ3) is 3.19. The first-order valence-electron chi connectivity index (χ1n) is 11.1. The van der Waals surface area contributed by atoms with Crippen molar-refractivity contribution in [2.75, 3.05) is 13.1 Å². The summed E-state index contributed by atoms with van der Waals surface area (Å²) < 4.78 is 4.08. The summed E-state index contributed by atoms with van der Waals surface area (Å²) in [7, 11) is 2.17. The number of hydrogen-bond donors (Lipinski definition) is 0. The second-order valence-electron chi connectivity index (χ2n) is 8.88. The maximum atomic E-state index is 13.0. The Balaban J connectivity index is 0.00000216. The third-order valence-corrected chi connectivity index (χ3v) is 7.12. The summed E-state index contributed by atoms with van der Waals surface area (Å²) in [6.07, 6.45) is 7.34. The van der Waals surface area contributed by atoms with Gasteiger partial charge in [0.2, 0.25) is 0 Å². The number of hydrogen-bond acceptors (Lipinski definition) is 3. The lowest BCUT2D eigenvalue weighted by atomic mass is 9.96. The fraction of sp³-hybridized carbons (Fsp3) is 0.308. The Kier molecular flexibility index (Phi) is 5.19. The summed E-state index contributed by atoms with van der Waals surface area (Å²) in [5.41, 5.74) is 7.90. The highest BCUT2D eigenvalue weighted by Crippen LogP contribution is 2.42. The number of aryl methyl sites for hydroxylation is 2. The summed E-state index contributed by atoms with van der Waals surface area (Å²) in [6.45, 7) is 4.34. The molecule has 0 radical (unpaired) electrons. The largest absolute Gasteiger partial charge is 0.347 e. The summed E-state index contributed by atoms with van der Waals surface area (Å²) in [5, 5.41) is 1.34. The van der Waals surface area contributed by atoms with Gasteiger partial charge in [0.25, 0.3) is 5.56 Å². The van der Waals surface area contributed by atoms with E-state index in [9.17, 15) is 4.79 Å². The zero-order chi connectivity index (χ0) is 21.1. The van der Waals surface area contributed by atoms with E-state index in [0.29, 0.717) is 6.04 Å². The zero-order valence-corrected chi connectivity index (χ0v) is 19.2. The summed E-state index contributed by atoms with van der Waals surface area (Å²) >= 11 is 0. The van der Waals surface area contributed by atoms with Crippen molar-refractivity contribution in [3.63, 3.8) is 0 Å². The van der Waals surface area contributed by atoms with E-state index in [2.05, 4.69) is 39.7 Å². The van der Waals surface area contributed by atoms with E-state index in [-0.39, 0.29) is 18.0 Å². The molecule has 1 saturated heterocycles. The second kappa shape index (κ2) is 7.91. The van der Waals surface area contributed by atoms with Gasteiger partial charge in [-0.05, 0) is 61.7 Å². The minimum Gasteiger partial charge on any atom is -0.347 e. The Morgan fingerprint density at radius 3 is 2.69 bits per heavy atom. The van der Waals surface area contributed by atoms with E-state index in [4.69, 9.17) is 0 Å². The average Bonchev–Trinajstić information content (AvgIpc) is 3.37. The van der Waals surface area contributed by atoms with Crippen molar-refractivity contribution in [2.45, 2.75) is 32.2 Å². The van der Waals surface area contributed by atoms with Crippen LogP contribution in [-0.4, -0.2) is 32.1 Å². The van der Waals surface area contributed by atoms with Crippen molar-refractivity contribution in [3.05, 3.63) is 82.2 Å². The van der Waals surface area contributed by atoms with Gasteiger partial charge >= 0.3 is 0 Å². The fourth-order valence-corrected chi connectivity index (χ4v) is 5.51. The number of aromatic nitrogens is 3. The van der Waals surface area contributed by atoms with Gasteiger partial charge in [-0.1, -0.05) is 12.1 Å². The molecule has 4 aromatic rings. The quantitative estimate of drug-likeness (QED) is 0.443. The van der Waals surface area contributed by atoms with Crippen molar-refractivity contribution >= 4 is 23.3 Å². The van der Waals surface area contributed by atoms with Crippen LogP contribution in [0.5, 0.6) is 0 Å². The van der Waals surface area contributed by atoms with Gasteiger partial charge in [-0.3, -0.25) is 19.2 Å². The predicted molar refractivity (Wildman–Crippen MR) is 131 cm³/mol. The molecule has 0 N–H and O–H groups in total. The standard InChI is InChI=1S/C26H26N4O.ClH/c1-17-5-6-19(16-27-17)18-9-13-30(25(31)14-18)20-7-8-21-24(15-20)28(2)22-10-12-29-11-3-4-23(29)26(21)22;/h5-9,13-16,23H,3-4,10-12H2,1-2H3;1H. The summed E-state index contributed by atoms with van der Waals surface area (Å²) in [4.78, 5) is 20.0. The molecular formula is C26H27ClN4O. The van der Waals surface area contributed by atoms with Crippen LogP contribution < -0.4 is 5.56 Å². The van der Waals surface area contributed by atoms with Crippen molar-refractivity contribution in [1.29, 1.82) is 0 Å². The first-order chi connectivity index (χ1) is 15.1. The molecule has 3 aromatic heterocycles. The van der Waals surface area contributed by atoms with Crippen LogP contribution in [0.2, 0.25) is 0 Å². The Morgan fingerprint density at radius 2 is 1.91 bits per heavy atom. The number of fused-ring (bicyclic) bond motifs is 5. The summed E-state index contributed by atoms with van der Waals surface area (Å²) in [6, 6.07) is 14.7. The van der Waals surface area contributed by atoms with Gasteiger partial charge in [-0.25, -0.2) is 0 Å².